The minimum absolute atomic E-state index is 0.00152. The number of nitrogens with zero attached hydrogens (tertiary/aromatic N) is 2. The number of rotatable bonds is 3. The van der Waals surface area contributed by atoms with E-state index in [1.54, 1.807) is 30.3 Å². The number of fused-ring (bicyclic) bond motifs is 1. The number of hydrogen-bond donors (Lipinski definition) is 2. The van der Waals surface area contributed by atoms with Gasteiger partial charge in [-0.1, -0.05) is 42.5 Å². The van der Waals surface area contributed by atoms with E-state index in [2.05, 4.69) is 10.2 Å². The lowest BCUT2D eigenvalue weighted by molar-refractivity contribution is 0.282. The Morgan fingerprint density at radius 3 is 2.33 bits per heavy atom. The van der Waals surface area contributed by atoms with Gasteiger partial charge in [0.1, 0.15) is 11.4 Å². The standard InChI is InChI=1S/C17H14N2O2/c20-11-12-5-8-14(9-6-12)18-19-17-15-4-2-1-3-13(15)7-10-16(17)21/h1-10,20-21H,11H2. The molecule has 0 spiro atoms. The molecule has 2 N–H and O–H groups in total. The van der Waals surface area contributed by atoms with Crippen LogP contribution in [0.3, 0.4) is 0 Å². The van der Waals surface area contributed by atoms with Crippen molar-refractivity contribution in [2.24, 2.45) is 10.2 Å². The molecule has 104 valence electrons. The number of aliphatic hydroxyl groups excluding tert-OH is 1. The number of aromatic hydroxyl groups is 1. The Morgan fingerprint density at radius 1 is 0.810 bits per heavy atom. The maximum absolute atomic E-state index is 9.98. The molecule has 21 heavy (non-hydrogen) atoms. The summed E-state index contributed by atoms with van der Waals surface area (Å²) in [7, 11) is 0. The van der Waals surface area contributed by atoms with E-state index in [-0.39, 0.29) is 12.4 Å². The summed E-state index contributed by atoms with van der Waals surface area (Å²) in [5.74, 6) is 0.101. The lowest BCUT2D eigenvalue weighted by Crippen LogP contribution is -1.79. The van der Waals surface area contributed by atoms with Crippen molar-refractivity contribution < 1.29 is 10.2 Å². The fourth-order valence-electron chi connectivity index (χ4n) is 2.12. The van der Waals surface area contributed by atoms with Gasteiger partial charge in [-0.05, 0) is 29.1 Å². The van der Waals surface area contributed by atoms with Gasteiger partial charge in [-0.15, -0.1) is 5.11 Å². The zero-order valence-corrected chi connectivity index (χ0v) is 11.3. The summed E-state index contributed by atoms with van der Waals surface area (Å²) in [6, 6.07) is 18.3. The SMILES string of the molecule is OCc1ccc(N=Nc2c(O)ccc3ccccc23)cc1. The molecule has 4 nitrogen and oxygen atoms in total. The highest BCUT2D eigenvalue weighted by Gasteiger charge is 2.05. The fourth-order valence-corrected chi connectivity index (χ4v) is 2.12. The predicted molar refractivity (Wildman–Crippen MR) is 82.2 cm³/mol. The van der Waals surface area contributed by atoms with Crippen molar-refractivity contribution in [1.29, 1.82) is 0 Å². The van der Waals surface area contributed by atoms with Crippen LogP contribution >= 0.6 is 0 Å². The van der Waals surface area contributed by atoms with Crippen LogP contribution in [0.5, 0.6) is 5.75 Å². The van der Waals surface area contributed by atoms with Gasteiger partial charge in [0.15, 0.2) is 0 Å². The molecule has 3 aromatic carbocycles. The summed E-state index contributed by atoms with van der Waals surface area (Å²) >= 11 is 0. The number of azo groups is 1. The average molecular weight is 278 g/mol. The van der Waals surface area contributed by atoms with Crippen LogP contribution < -0.4 is 0 Å². The smallest absolute Gasteiger partial charge is 0.143 e. The summed E-state index contributed by atoms with van der Waals surface area (Å²) in [4.78, 5) is 0. The van der Waals surface area contributed by atoms with Crippen LogP contribution in [0.1, 0.15) is 5.56 Å². The van der Waals surface area contributed by atoms with Gasteiger partial charge >= 0.3 is 0 Å². The summed E-state index contributed by atoms with van der Waals surface area (Å²) < 4.78 is 0. The topological polar surface area (TPSA) is 65.2 Å². The quantitative estimate of drug-likeness (QED) is 0.695. The lowest BCUT2D eigenvalue weighted by atomic mass is 10.1. The first-order valence-corrected chi connectivity index (χ1v) is 6.60. The van der Waals surface area contributed by atoms with Gasteiger partial charge in [-0.2, -0.15) is 5.11 Å². The van der Waals surface area contributed by atoms with Crippen LogP contribution in [0.4, 0.5) is 11.4 Å². The zero-order chi connectivity index (χ0) is 14.7. The Morgan fingerprint density at radius 2 is 1.57 bits per heavy atom. The molecule has 0 aliphatic carbocycles. The Hall–Kier alpha value is -2.72. The highest BCUT2D eigenvalue weighted by molar-refractivity contribution is 5.95. The third kappa shape index (κ3) is 2.75. The highest BCUT2D eigenvalue weighted by Crippen LogP contribution is 2.35. The van der Waals surface area contributed by atoms with Crippen LogP contribution in [0.15, 0.2) is 70.9 Å². The summed E-state index contributed by atoms with van der Waals surface area (Å²) in [6.45, 7) is 0.00152. The summed E-state index contributed by atoms with van der Waals surface area (Å²) in [6.07, 6.45) is 0. The van der Waals surface area contributed by atoms with Crippen molar-refractivity contribution in [2.75, 3.05) is 0 Å². The van der Waals surface area contributed by atoms with Gasteiger partial charge in [0, 0.05) is 5.39 Å². The van der Waals surface area contributed by atoms with Gasteiger partial charge in [0.05, 0.1) is 12.3 Å². The number of aliphatic hydroxyl groups is 1. The monoisotopic (exact) mass is 278 g/mol. The Balaban J connectivity index is 2.00. The molecule has 3 aromatic rings. The van der Waals surface area contributed by atoms with Crippen LogP contribution in [-0.2, 0) is 6.61 Å². The molecule has 0 radical (unpaired) electrons. The molecule has 0 aliphatic heterocycles. The number of benzene rings is 3. The fraction of sp³-hybridized carbons (Fsp3) is 0.0588. The zero-order valence-electron chi connectivity index (χ0n) is 11.3. The molecule has 0 atom stereocenters. The molecule has 0 aromatic heterocycles. The summed E-state index contributed by atoms with van der Waals surface area (Å²) in [5.41, 5.74) is 1.95. The van der Waals surface area contributed by atoms with E-state index in [9.17, 15) is 5.11 Å². The van der Waals surface area contributed by atoms with E-state index in [0.29, 0.717) is 11.4 Å². The van der Waals surface area contributed by atoms with Crippen LogP contribution in [0.2, 0.25) is 0 Å². The van der Waals surface area contributed by atoms with E-state index in [1.807, 2.05) is 30.3 Å². The number of hydrogen-bond acceptors (Lipinski definition) is 4. The summed E-state index contributed by atoms with van der Waals surface area (Å²) in [5, 5.41) is 29.2. The van der Waals surface area contributed by atoms with Crippen molar-refractivity contribution in [1.82, 2.24) is 0 Å². The Kier molecular flexibility index (Phi) is 3.62. The largest absolute Gasteiger partial charge is 0.506 e. The van der Waals surface area contributed by atoms with E-state index < -0.39 is 0 Å². The molecule has 0 saturated carbocycles. The molecule has 0 fully saturated rings. The molecule has 0 heterocycles. The highest BCUT2D eigenvalue weighted by atomic mass is 16.3. The van der Waals surface area contributed by atoms with Crippen LogP contribution in [-0.4, -0.2) is 10.2 Å². The minimum Gasteiger partial charge on any atom is -0.506 e. The minimum atomic E-state index is 0.00152. The lowest BCUT2D eigenvalue weighted by Gasteiger charge is -2.03. The molecule has 0 amide bonds. The van der Waals surface area contributed by atoms with Gasteiger partial charge in [-0.25, -0.2) is 0 Å². The van der Waals surface area contributed by atoms with E-state index >= 15 is 0 Å². The predicted octanol–water partition coefficient (Wildman–Crippen LogP) is 4.45. The van der Waals surface area contributed by atoms with Gasteiger partial charge in [0.25, 0.3) is 0 Å². The first kappa shape index (κ1) is 13.3. The van der Waals surface area contributed by atoms with Gasteiger partial charge in [-0.3, -0.25) is 0 Å². The van der Waals surface area contributed by atoms with Crippen molar-refractivity contribution in [3.8, 4) is 5.75 Å². The molecule has 3 rings (SSSR count). The van der Waals surface area contributed by atoms with Crippen molar-refractivity contribution in [2.45, 2.75) is 6.61 Å². The van der Waals surface area contributed by atoms with Crippen molar-refractivity contribution >= 4 is 22.1 Å². The first-order valence-electron chi connectivity index (χ1n) is 6.60. The molecule has 0 unspecified atom stereocenters. The molecular formula is C17H14N2O2. The van der Waals surface area contributed by atoms with Gasteiger partial charge < -0.3 is 10.2 Å². The molecule has 4 heteroatoms. The second kappa shape index (κ2) is 5.73. The maximum Gasteiger partial charge on any atom is 0.143 e. The van der Waals surface area contributed by atoms with E-state index in [4.69, 9.17) is 5.11 Å². The van der Waals surface area contributed by atoms with Gasteiger partial charge in [0.2, 0.25) is 0 Å². The van der Waals surface area contributed by atoms with Crippen LogP contribution in [0, 0.1) is 0 Å². The number of phenols is 1. The Labute approximate surface area is 122 Å². The molecule has 0 saturated heterocycles. The second-order valence-corrected chi connectivity index (χ2v) is 4.68. The number of phenolic OH excluding ortho intramolecular Hbond substituents is 1. The average Bonchev–Trinajstić information content (AvgIpc) is 2.54. The van der Waals surface area contributed by atoms with E-state index in [0.717, 1.165) is 16.3 Å². The second-order valence-electron chi connectivity index (χ2n) is 4.68. The van der Waals surface area contributed by atoms with Crippen LogP contribution in [0.25, 0.3) is 10.8 Å². The van der Waals surface area contributed by atoms with E-state index in [1.165, 1.54) is 0 Å². The normalized spacial score (nSPS) is 11.3. The molecule has 0 aliphatic rings. The Bertz CT molecular complexity index is 795. The first-order chi connectivity index (χ1) is 10.3. The third-order valence-corrected chi connectivity index (χ3v) is 3.26. The molecular weight excluding hydrogens is 264 g/mol. The molecule has 0 bridgehead atoms. The van der Waals surface area contributed by atoms with Crippen molar-refractivity contribution in [3.05, 3.63) is 66.2 Å². The third-order valence-electron chi connectivity index (χ3n) is 3.26. The van der Waals surface area contributed by atoms with Crippen molar-refractivity contribution in [3.63, 3.8) is 0 Å². The maximum atomic E-state index is 9.98.